The van der Waals surface area contributed by atoms with Crippen LogP contribution in [0, 0.1) is 6.92 Å². The van der Waals surface area contributed by atoms with Crippen LogP contribution < -0.4 is 0 Å². The van der Waals surface area contributed by atoms with Crippen molar-refractivity contribution >= 4 is 5.91 Å². The normalized spacial score (nSPS) is 25.5. The lowest BCUT2D eigenvalue weighted by Gasteiger charge is -2.42. The summed E-state index contributed by atoms with van der Waals surface area (Å²) in [5, 5.41) is 0. The summed E-state index contributed by atoms with van der Waals surface area (Å²) in [6.45, 7) is 7.21. The Morgan fingerprint density at radius 1 is 1.04 bits per heavy atom. The van der Waals surface area contributed by atoms with E-state index in [1.165, 1.54) is 12.8 Å². The lowest BCUT2D eigenvalue weighted by Crippen LogP contribution is -2.45. The monoisotopic (exact) mass is 374 g/mol. The maximum atomic E-state index is 12.8. The van der Waals surface area contributed by atoms with Crippen LogP contribution in [-0.4, -0.2) is 77.8 Å². The maximum absolute atomic E-state index is 12.8. The van der Waals surface area contributed by atoms with Crippen molar-refractivity contribution in [3.05, 3.63) is 23.3 Å². The Labute approximate surface area is 161 Å². The van der Waals surface area contributed by atoms with Gasteiger partial charge in [0.25, 0.3) is 5.91 Å². The van der Waals surface area contributed by atoms with Gasteiger partial charge in [-0.05, 0) is 39.2 Å². The van der Waals surface area contributed by atoms with Gasteiger partial charge < -0.3 is 14.4 Å². The van der Waals surface area contributed by atoms with E-state index in [1.807, 2.05) is 11.8 Å². The van der Waals surface area contributed by atoms with Crippen LogP contribution in [0.4, 0.5) is 0 Å². The second-order valence-electron chi connectivity index (χ2n) is 7.72. The Hall–Kier alpha value is -1.57. The first-order chi connectivity index (χ1) is 13.2. The molecule has 7 heteroatoms. The lowest BCUT2D eigenvalue weighted by molar-refractivity contribution is 0.00205. The van der Waals surface area contributed by atoms with Gasteiger partial charge in [0.15, 0.2) is 0 Å². The molecule has 0 spiro atoms. The molecule has 1 amide bonds. The van der Waals surface area contributed by atoms with E-state index < -0.39 is 0 Å². The lowest BCUT2D eigenvalue weighted by atomic mass is 9.96. The van der Waals surface area contributed by atoms with E-state index in [9.17, 15) is 4.79 Å². The van der Waals surface area contributed by atoms with Crippen LogP contribution in [0.15, 0.2) is 6.20 Å². The van der Waals surface area contributed by atoms with E-state index in [0.717, 1.165) is 50.5 Å². The van der Waals surface area contributed by atoms with Crippen molar-refractivity contribution in [2.75, 3.05) is 46.1 Å². The van der Waals surface area contributed by atoms with Gasteiger partial charge in [0.05, 0.1) is 30.5 Å². The number of aromatic nitrogens is 2. The molecule has 148 valence electrons. The molecular formula is C20H30N4O3. The maximum Gasteiger partial charge on any atom is 0.257 e. The first-order valence-corrected chi connectivity index (χ1v) is 10.3. The molecule has 3 aliphatic heterocycles. The van der Waals surface area contributed by atoms with Crippen molar-refractivity contribution in [3.8, 4) is 0 Å². The Balaban J connectivity index is 1.52. The Bertz CT molecular complexity index is 657. The predicted octanol–water partition coefficient (Wildman–Crippen LogP) is 1.96. The third kappa shape index (κ3) is 4.15. The zero-order chi connectivity index (χ0) is 18.6. The highest BCUT2D eigenvalue weighted by atomic mass is 16.5. The van der Waals surface area contributed by atoms with Crippen molar-refractivity contribution in [1.82, 2.24) is 19.8 Å². The van der Waals surface area contributed by atoms with E-state index in [1.54, 1.807) is 6.20 Å². The van der Waals surface area contributed by atoms with E-state index in [4.69, 9.17) is 14.5 Å². The molecule has 3 saturated heterocycles. The summed E-state index contributed by atoms with van der Waals surface area (Å²) >= 11 is 0. The summed E-state index contributed by atoms with van der Waals surface area (Å²) in [6.07, 6.45) is 7.45. The number of nitrogens with zero attached hydrogens (tertiary/aromatic N) is 4. The average Bonchev–Trinajstić information content (AvgIpc) is 2.74. The second kappa shape index (κ2) is 8.63. The zero-order valence-corrected chi connectivity index (χ0v) is 16.2. The van der Waals surface area contributed by atoms with Crippen molar-refractivity contribution < 1.29 is 14.3 Å². The molecule has 3 aliphatic rings. The number of hydrogen-bond donors (Lipinski definition) is 0. The van der Waals surface area contributed by atoms with Gasteiger partial charge in [0, 0.05) is 38.5 Å². The summed E-state index contributed by atoms with van der Waals surface area (Å²) in [4.78, 5) is 26.7. The SMILES string of the molecule is Cc1nc(C2CCCCN2C2CCOCC2)ncc1C(=O)N1CCOCC1. The Morgan fingerprint density at radius 3 is 2.52 bits per heavy atom. The molecule has 4 heterocycles. The molecule has 1 aromatic rings. The Morgan fingerprint density at radius 2 is 1.78 bits per heavy atom. The molecule has 1 unspecified atom stereocenters. The standard InChI is InChI=1S/C20H30N4O3/c1-15-17(20(25)23-8-12-27-13-9-23)14-21-19(22-15)18-4-2-3-7-24(18)16-5-10-26-11-6-16/h14,16,18H,2-13H2,1H3. The molecule has 0 N–H and O–H groups in total. The summed E-state index contributed by atoms with van der Waals surface area (Å²) < 4.78 is 10.9. The highest BCUT2D eigenvalue weighted by Crippen LogP contribution is 2.33. The van der Waals surface area contributed by atoms with Crippen molar-refractivity contribution in [2.45, 2.75) is 51.1 Å². The topological polar surface area (TPSA) is 67.8 Å². The predicted molar refractivity (Wildman–Crippen MR) is 101 cm³/mol. The summed E-state index contributed by atoms with van der Waals surface area (Å²) in [7, 11) is 0. The van der Waals surface area contributed by atoms with Crippen LogP contribution in [0.1, 0.15) is 60.0 Å². The molecule has 0 aliphatic carbocycles. The fraction of sp³-hybridized carbons (Fsp3) is 0.750. The number of carbonyl (C=O) groups excluding carboxylic acids is 1. The molecule has 7 nitrogen and oxygen atoms in total. The first kappa shape index (κ1) is 18.8. The average molecular weight is 374 g/mol. The van der Waals surface area contributed by atoms with Crippen LogP contribution in [-0.2, 0) is 9.47 Å². The molecule has 0 aromatic carbocycles. The van der Waals surface area contributed by atoms with Crippen LogP contribution in [0.2, 0.25) is 0 Å². The molecular weight excluding hydrogens is 344 g/mol. The largest absolute Gasteiger partial charge is 0.381 e. The fourth-order valence-electron chi connectivity index (χ4n) is 4.48. The number of carbonyl (C=O) groups is 1. The van der Waals surface area contributed by atoms with Gasteiger partial charge >= 0.3 is 0 Å². The first-order valence-electron chi connectivity index (χ1n) is 10.3. The van der Waals surface area contributed by atoms with E-state index >= 15 is 0 Å². The van der Waals surface area contributed by atoms with Gasteiger partial charge in [-0.15, -0.1) is 0 Å². The summed E-state index contributed by atoms with van der Waals surface area (Å²) in [5.41, 5.74) is 1.41. The highest BCUT2D eigenvalue weighted by molar-refractivity contribution is 5.95. The molecule has 27 heavy (non-hydrogen) atoms. The van der Waals surface area contributed by atoms with Gasteiger partial charge in [0.1, 0.15) is 5.82 Å². The minimum absolute atomic E-state index is 0.0206. The minimum Gasteiger partial charge on any atom is -0.381 e. The minimum atomic E-state index is 0.0206. The highest BCUT2D eigenvalue weighted by Gasteiger charge is 2.33. The molecule has 0 bridgehead atoms. The van der Waals surface area contributed by atoms with Crippen molar-refractivity contribution in [2.24, 2.45) is 0 Å². The molecule has 1 aromatic heterocycles. The van der Waals surface area contributed by atoms with Crippen LogP contribution in [0.5, 0.6) is 0 Å². The molecule has 1 atom stereocenters. The Kier molecular flexibility index (Phi) is 6.00. The molecule has 4 rings (SSSR count). The number of ether oxygens (including phenoxy) is 2. The second-order valence-corrected chi connectivity index (χ2v) is 7.72. The quantitative estimate of drug-likeness (QED) is 0.806. The summed E-state index contributed by atoms with van der Waals surface area (Å²) in [5.74, 6) is 0.893. The van der Waals surface area contributed by atoms with E-state index in [2.05, 4.69) is 9.88 Å². The zero-order valence-electron chi connectivity index (χ0n) is 16.2. The van der Waals surface area contributed by atoms with E-state index in [0.29, 0.717) is 37.9 Å². The number of amides is 1. The number of likely N-dealkylation sites (tertiary alicyclic amines) is 1. The number of hydrogen-bond acceptors (Lipinski definition) is 6. The van der Waals surface area contributed by atoms with Crippen molar-refractivity contribution in [3.63, 3.8) is 0 Å². The van der Waals surface area contributed by atoms with Gasteiger partial charge in [0.2, 0.25) is 0 Å². The fourth-order valence-corrected chi connectivity index (χ4v) is 4.48. The third-order valence-electron chi connectivity index (χ3n) is 6.03. The molecule has 0 saturated carbocycles. The third-order valence-corrected chi connectivity index (χ3v) is 6.03. The molecule has 0 radical (unpaired) electrons. The number of morpholine rings is 1. The number of aryl methyl sites for hydroxylation is 1. The van der Waals surface area contributed by atoms with Gasteiger partial charge in [-0.2, -0.15) is 0 Å². The van der Waals surface area contributed by atoms with Crippen molar-refractivity contribution in [1.29, 1.82) is 0 Å². The number of rotatable bonds is 3. The smallest absolute Gasteiger partial charge is 0.257 e. The van der Waals surface area contributed by atoms with Crippen LogP contribution >= 0.6 is 0 Å². The van der Waals surface area contributed by atoms with Crippen LogP contribution in [0.25, 0.3) is 0 Å². The van der Waals surface area contributed by atoms with E-state index in [-0.39, 0.29) is 11.9 Å². The summed E-state index contributed by atoms with van der Waals surface area (Å²) in [6, 6.07) is 0.815. The number of piperidine rings is 1. The van der Waals surface area contributed by atoms with Crippen LogP contribution in [0.3, 0.4) is 0 Å². The van der Waals surface area contributed by atoms with Gasteiger partial charge in [-0.3, -0.25) is 9.69 Å². The van der Waals surface area contributed by atoms with Gasteiger partial charge in [-0.1, -0.05) is 6.42 Å². The molecule has 3 fully saturated rings. The van der Waals surface area contributed by atoms with Gasteiger partial charge in [-0.25, -0.2) is 9.97 Å².